The van der Waals surface area contributed by atoms with Crippen LogP contribution in [0.1, 0.15) is 39.0 Å². The summed E-state index contributed by atoms with van der Waals surface area (Å²) in [5.41, 5.74) is 1.58. The van der Waals surface area contributed by atoms with Gasteiger partial charge in [-0.05, 0) is 57.7 Å². The van der Waals surface area contributed by atoms with E-state index in [1.165, 1.54) is 25.3 Å². The molecule has 2 nitrogen and oxygen atoms in total. The second kappa shape index (κ2) is 8.92. The molecule has 124 valence electrons. The molecule has 0 atom stereocenters. The van der Waals surface area contributed by atoms with Crippen molar-refractivity contribution in [2.24, 2.45) is 0 Å². The molecule has 0 saturated carbocycles. The first-order chi connectivity index (χ1) is 11.1. The Balaban J connectivity index is 1.96. The normalized spacial score (nSPS) is 10.7. The zero-order valence-electron chi connectivity index (χ0n) is 13.3. The van der Waals surface area contributed by atoms with Crippen LogP contribution in [0.2, 0.25) is 0 Å². The lowest BCUT2D eigenvalue weighted by atomic mass is 10.1. The van der Waals surface area contributed by atoms with E-state index in [1.807, 2.05) is 6.07 Å². The minimum atomic E-state index is -0.361. The largest absolute Gasteiger partial charge is 0.507 e. The van der Waals surface area contributed by atoms with Crippen molar-refractivity contribution in [2.45, 2.75) is 39.0 Å². The summed E-state index contributed by atoms with van der Waals surface area (Å²) in [4.78, 5) is 0. The Morgan fingerprint density at radius 1 is 1.00 bits per heavy atom. The van der Waals surface area contributed by atoms with Crippen LogP contribution in [-0.2, 0) is 0 Å². The van der Waals surface area contributed by atoms with Crippen molar-refractivity contribution in [3.63, 3.8) is 0 Å². The maximum Gasteiger partial charge on any atom is 0.165 e. The monoisotopic (exact) mass is 380 g/mol. The van der Waals surface area contributed by atoms with Crippen LogP contribution < -0.4 is 4.74 Å². The van der Waals surface area contributed by atoms with Gasteiger partial charge in [0, 0.05) is 0 Å². The third kappa shape index (κ3) is 5.24. The number of rotatable bonds is 8. The molecule has 2 aromatic carbocycles. The molecule has 0 saturated heterocycles. The minimum absolute atomic E-state index is 0.164. The Morgan fingerprint density at radius 3 is 2.39 bits per heavy atom. The molecular formula is C19H22BrFO2. The van der Waals surface area contributed by atoms with Crippen LogP contribution >= 0.6 is 15.9 Å². The lowest BCUT2D eigenvalue weighted by Crippen LogP contribution is -1.99. The van der Waals surface area contributed by atoms with Crippen molar-refractivity contribution >= 4 is 15.9 Å². The average molecular weight is 381 g/mol. The molecule has 0 spiro atoms. The number of hydrogen-bond donors (Lipinski definition) is 1. The van der Waals surface area contributed by atoms with Gasteiger partial charge in [0.15, 0.2) is 11.6 Å². The molecule has 0 aliphatic carbocycles. The maximum atomic E-state index is 14.2. The summed E-state index contributed by atoms with van der Waals surface area (Å²) >= 11 is 3.27. The predicted octanol–water partition coefficient (Wildman–Crippen LogP) is 6.31. The van der Waals surface area contributed by atoms with Crippen molar-refractivity contribution in [2.75, 3.05) is 6.61 Å². The van der Waals surface area contributed by atoms with Crippen LogP contribution in [0.15, 0.2) is 40.9 Å². The number of unbranched alkanes of at least 4 members (excludes halogenated alkanes) is 4. The summed E-state index contributed by atoms with van der Waals surface area (Å²) in [5, 5.41) is 9.52. The number of aromatic hydroxyl groups is 1. The number of phenolic OH excluding ortho intramolecular Hbond substituents is 1. The maximum absolute atomic E-state index is 14.2. The van der Waals surface area contributed by atoms with E-state index in [0.717, 1.165) is 24.0 Å². The first-order valence-electron chi connectivity index (χ1n) is 8.03. The van der Waals surface area contributed by atoms with E-state index < -0.39 is 0 Å². The van der Waals surface area contributed by atoms with Gasteiger partial charge in [-0.25, -0.2) is 4.39 Å². The molecular weight excluding hydrogens is 359 g/mol. The highest BCUT2D eigenvalue weighted by Gasteiger charge is 2.08. The van der Waals surface area contributed by atoms with Gasteiger partial charge in [0.1, 0.15) is 5.75 Å². The third-order valence-electron chi connectivity index (χ3n) is 3.72. The molecule has 0 fully saturated rings. The summed E-state index contributed by atoms with van der Waals surface area (Å²) in [6.07, 6.45) is 5.73. The third-order valence-corrected chi connectivity index (χ3v) is 4.35. The number of ether oxygens (including phenoxy) is 1. The summed E-state index contributed by atoms with van der Waals surface area (Å²) < 4.78 is 20.3. The van der Waals surface area contributed by atoms with Crippen LogP contribution in [-0.4, -0.2) is 11.7 Å². The molecule has 0 unspecified atom stereocenters. The van der Waals surface area contributed by atoms with Gasteiger partial charge in [-0.15, -0.1) is 0 Å². The first kappa shape index (κ1) is 17.8. The van der Waals surface area contributed by atoms with Gasteiger partial charge >= 0.3 is 0 Å². The fourth-order valence-corrected chi connectivity index (χ4v) is 2.75. The van der Waals surface area contributed by atoms with Gasteiger partial charge in [-0.2, -0.15) is 0 Å². The lowest BCUT2D eigenvalue weighted by molar-refractivity contribution is 0.290. The van der Waals surface area contributed by atoms with Gasteiger partial charge < -0.3 is 9.84 Å². The van der Waals surface area contributed by atoms with Crippen molar-refractivity contribution in [3.8, 4) is 22.6 Å². The molecule has 0 heterocycles. The van der Waals surface area contributed by atoms with Crippen molar-refractivity contribution in [1.82, 2.24) is 0 Å². The topological polar surface area (TPSA) is 29.5 Å². The van der Waals surface area contributed by atoms with Crippen molar-refractivity contribution in [3.05, 3.63) is 46.7 Å². The number of halogens is 2. The van der Waals surface area contributed by atoms with E-state index in [2.05, 4.69) is 22.9 Å². The number of benzene rings is 2. The Morgan fingerprint density at radius 2 is 1.70 bits per heavy atom. The molecule has 0 amide bonds. The number of hydrogen-bond acceptors (Lipinski definition) is 2. The smallest absolute Gasteiger partial charge is 0.165 e. The average Bonchev–Trinajstić information content (AvgIpc) is 2.54. The molecule has 0 radical (unpaired) electrons. The fraction of sp³-hybridized carbons (Fsp3) is 0.368. The quantitative estimate of drug-likeness (QED) is 0.543. The van der Waals surface area contributed by atoms with Gasteiger partial charge in [-0.3, -0.25) is 0 Å². The Labute approximate surface area is 145 Å². The van der Waals surface area contributed by atoms with Crippen LogP contribution in [0.25, 0.3) is 11.1 Å². The highest BCUT2D eigenvalue weighted by Crippen LogP contribution is 2.31. The fourth-order valence-electron chi connectivity index (χ4n) is 2.37. The zero-order chi connectivity index (χ0) is 16.7. The standard InChI is InChI=1S/C19H22BrFO2/c1-2-3-4-5-6-11-23-19-10-8-15(13-17(19)21)14-7-9-18(22)16(20)12-14/h7-10,12-13,22H,2-6,11H2,1H3. The predicted molar refractivity (Wildman–Crippen MR) is 95.5 cm³/mol. The van der Waals surface area contributed by atoms with Crippen molar-refractivity contribution in [1.29, 1.82) is 0 Å². The van der Waals surface area contributed by atoms with Gasteiger partial charge in [0.25, 0.3) is 0 Å². The lowest BCUT2D eigenvalue weighted by Gasteiger charge is -2.09. The SMILES string of the molecule is CCCCCCCOc1ccc(-c2ccc(O)c(Br)c2)cc1F. The molecule has 0 aromatic heterocycles. The molecule has 23 heavy (non-hydrogen) atoms. The summed E-state index contributed by atoms with van der Waals surface area (Å²) in [6.45, 7) is 2.73. The molecule has 0 aliphatic heterocycles. The number of phenols is 1. The molecule has 0 aliphatic rings. The van der Waals surface area contributed by atoms with E-state index in [0.29, 0.717) is 16.8 Å². The molecule has 4 heteroatoms. The van der Waals surface area contributed by atoms with Gasteiger partial charge in [-0.1, -0.05) is 44.7 Å². The highest BCUT2D eigenvalue weighted by molar-refractivity contribution is 9.10. The van der Waals surface area contributed by atoms with Crippen LogP contribution in [0, 0.1) is 5.82 Å². The molecule has 0 bridgehead atoms. The van der Waals surface area contributed by atoms with Crippen LogP contribution in [0.5, 0.6) is 11.5 Å². The van der Waals surface area contributed by atoms with Gasteiger partial charge in [0.05, 0.1) is 11.1 Å². The Kier molecular flexibility index (Phi) is 6.90. The summed E-state index contributed by atoms with van der Waals surface area (Å²) in [7, 11) is 0. The van der Waals surface area contributed by atoms with E-state index in [1.54, 1.807) is 24.3 Å². The highest BCUT2D eigenvalue weighted by atomic mass is 79.9. The van der Waals surface area contributed by atoms with Crippen molar-refractivity contribution < 1.29 is 14.2 Å². The summed E-state index contributed by atoms with van der Waals surface area (Å²) in [5.74, 6) is 0.0968. The van der Waals surface area contributed by atoms with E-state index in [-0.39, 0.29) is 11.6 Å². The minimum Gasteiger partial charge on any atom is -0.507 e. The molecule has 2 aromatic rings. The Bertz CT molecular complexity index is 643. The van der Waals surface area contributed by atoms with Crippen LogP contribution in [0.3, 0.4) is 0 Å². The van der Waals surface area contributed by atoms with Crippen LogP contribution in [0.4, 0.5) is 4.39 Å². The van der Waals surface area contributed by atoms with E-state index >= 15 is 0 Å². The van der Waals surface area contributed by atoms with E-state index in [4.69, 9.17) is 4.74 Å². The zero-order valence-corrected chi connectivity index (χ0v) is 14.9. The second-order valence-corrected chi connectivity index (χ2v) is 6.43. The van der Waals surface area contributed by atoms with Gasteiger partial charge in [0.2, 0.25) is 0 Å². The van der Waals surface area contributed by atoms with E-state index in [9.17, 15) is 9.50 Å². The Hall–Kier alpha value is -1.55. The summed E-state index contributed by atoms with van der Waals surface area (Å²) in [6, 6.07) is 10.1. The second-order valence-electron chi connectivity index (χ2n) is 5.57. The molecule has 2 rings (SSSR count). The molecule has 1 N–H and O–H groups in total. The first-order valence-corrected chi connectivity index (χ1v) is 8.82.